The highest BCUT2D eigenvalue weighted by Crippen LogP contribution is 2.24. The first-order valence-corrected chi connectivity index (χ1v) is 14.8. The summed E-state index contributed by atoms with van der Waals surface area (Å²) in [5.74, 6) is 0.0317. The van der Waals surface area contributed by atoms with Gasteiger partial charge < -0.3 is 25.4 Å². The fourth-order valence-corrected chi connectivity index (χ4v) is 4.98. The summed E-state index contributed by atoms with van der Waals surface area (Å²) in [4.78, 5) is 0.139. The molecule has 208 valence electrons. The molecule has 3 rings (SSSR count). The van der Waals surface area contributed by atoms with Gasteiger partial charge in [0.25, 0.3) is 0 Å². The van der Waals surface area contributed by atoms with Crippen LogP contribution in [-0.4, -0.2) is 50.0 Å². The van der Waals surface area contributed by atoms with Gasteiger partial charge in [0.1, 0.15) is 5.75 Å². The Hall–Kier alpha value is -2.53. The Morgan fingerprint density at radius 3 is 2.42 bits per heavy atom. The summed E-state index contributed by atoms with van der Waals surface area (Å²) < 4.78 is 29.2. The molecule has 0 aliphatic rings. The zero-order valence-electron chi connectivity index (χ0n) is 21.8. The molecule has 0 spiro atoms. The monoisotopic (exact) mass is 544 g/mol. The number of rotatable bonds is 17. The van der Waals surface area contributed by atoms with E-state index in [9.17, 15) is 23.7 Å². The maximum Gasteiger partial charge on any atom is 0.238 e. The molecule has 0 amide bonds. The van der Waals surface area contributed by atoms with Gasteiger partial charge in [-0.3, -0.25) is 0 Å². The first-order chi connectivity index (χ1) is 18.3. The molecule has 6 N–H and O–H groups in total. The molecule has 0 saturated carbocycles. The van der Waals surface area contributed by atoms with E-state index in [1.165, 1.54) is 6.07 Å². The second kappa shape index (κ2) is 15.2. The number of phenols is 1. The van der Waals surface area contributed by atoms with Gasteiger partial charge in [0, 0.05) is 25.3 Å². The molecule has 8 nitrogen and oxygen atoms in total. The van der Waals surface area contributed by atoms with Crippen molar-refractivity contribution in [3.63, 3.8) is 0 Å². The van der Waals surface area contributed by atoms with Crippen molar-refractivity contribution in [2.75, 3.05) is 26.3 Å². The average Bonchev–Trinajstić information content (AvgIpc) is 2.90. The number of hydrogen-bond donors (Lipinski definition) is 5. The average molecular weight is 545 g/mol. The van der Waals surface area contributed by atoms with Crippen molar-refractivity contribution < 1.29 is 28.5 Å². The van der Waals surface area contributed by atoms with E-state index < -0.39 is 16.1 Å². The lowest BCUT2D eigenvalue weighted by atomic mass is 10.0. The quantitative estimate of drug-likeness (QED) is 0.162. The number of benzene rings is 3. The Bertz CT molecular complexity index is 1270. The van der Waals surface area contributed by atoms with E-state index in [1.54, 1.807) is 30.3 Å². The third kappa shape index (κ3) is 9.34. The maximum absolute atomic E-state index is 11.7. The molecule has 1 unspecified atom stereocenters. The summed E-state index contributed by atoms with van der Waals surface area (Å²) in [6.45, 7) is 2.43. The van der Waals surface area contributed by atoms with Crippen LogP contribution in [0.4, 0.5) is 0 Å². The molecule has 3 aromatic carbocycles. The van der Waals surface area contributed by atoms with Crippen molar-refractivity contribution in [2.24, 2.45) is 5.14 Å². The van der Waals surface area contributed by atoms with Crippen LogP contribution in [0.5, 0.6) is 5.75 Å². The molecule has 0 heterocycles. The van der Waals surface area contributed by atoms with Crippen LogP contribution in [-0.2, 0) is 27.8 Å². The molecule has 0 radical (unpaired) electrons. The Morgan fingerprint density at radius 2 is 1.66 bits per heavy atom. The van der Waals surface area contributed by atoms with Crippen LogP contribution in [0.15, 0.2) is 59.5 Å². The number of ether oxygens (including phenoxy) is 1. The normalized spacial score (nSPS) is 12.7. The number of primary sulfonamides is 1. The van der Waals surface area contributed by atoms with E-state index in [0.29, 0.717) is 24.3 Å². The minimum atomic E-state index is -3.72. The molecular weight excluding hydrogens is 504 g/mol. The van der Waals surface area contributed by atoms with Gasteiger partial charge in [0.15, 0.2) is 0 Å². The van der Waals surface area contributed by atoms with Crippen molar-refractivity contribution in [2.45, 2.75) is 62.6 Å². The van der Waals surface area contributed by atoms with Gasteiger partial charge in [0.05, 0.1) is 17.6 Å². The number of aromatic hydroxyl groups is 1. The third-order valence-electron chi connectivity index (χ3n) is 6.65. The lowest BCUT2D eigenvalue weighted by Gasteiger charge is -2.14. The molecule has 0 saturated heterocycles. The number of fused-ring (bicyclic) bond motifs is 1. The Kier molecular flexibility index (Phi) is 12.0. The molecule has 3 aromatic rings. The smallest absolute Gasteiger partial charge is 0.238 e. The van der Waals surface area contributed by atoms with Gasteiger partial charge in [-0.2, -0.15) is 0 Å². The van der Waals surface area contributed by atoms with Gasteiger partial charge in [-0.25, -0.2) is 13.6 Å². The second-order valence-corrected chi connectivity index (χ2v) is 11.2. The summed E-state index contributed by atoms with van der Waals surface area (Å²) in [5, 5.41) is 39.6. The van der Waals surface area contributed by atoms with E-state index >= 15 is 0 Å². The lowest BCUT2D eigenvalue weighted by Crippen LogP contribution is -2.22. The van der Waals surface area contributed by atoms with Gasteiger partial charge in [-0.15, -0.1) is 0 Å². The number of unbranched alkanes of at least 4 members (excludes halogenated alkanes) is 4. The predicted molar refractivity (Wildman–Crippen MR) is 149 cm³/mol. The fourth-order valence-electron chi connectivity index (χ4n) is 4.44. The number of sulfonamides is 1. The first kappa shape index (κ1) is 30.0. The number of hydrogen-bond acceptors (Lipinski definition) is 7. The number of aliphatic hydroxyl groups excluding tert-OH is 2. The molecule has 0 aliphatic carbocycles. The number of nitrogens with two attached hydrogens (primary N) is 1. The van der Waals surface area contributed by atoms with Crippen LogP contribution in [0, 0.1) is 0 Å². The molecular formula is C29H40N2O6S. The van der Waals surface area contributed by atoms with Crippen LogP contribution in [0.25, 0.3) is 10.8 Å². The molecule has 0 bridgehead atoms. The van der Waals surface area contributed by atoms with Crippen molar-refractivity contribution in [1.82, 2.24) is 5.32 Å². The predicted octanol–water partition coefficient (Wildman–Crippen LogP) is 3.91. The molecule has 0 aromatic heterocycles. The SMILES string of the molecule is NS(=O)(=O)c1ccc2cccc(CCCCOCCCCCCNCC(O)c3ccc(O)c(CO)c3)c2c1. The maximum atomic E-state index is 11.7. The highest BCUT2D eigenvalue weighted by atomic mass is 32.2. The highest BCUT2D eigenvalue weighted by molar-refractivity contribution is 7.89. The summed E-state index contributed by atoms with van der Waals surface area (Å²) in [6.07, 6.45) is 6.27. The van der Waals surface area contributed by atoms with Gasteiger partial charge in [0.2, 0.25) is 10.0 Å². The summed E-state index contributed by atoms with van der Waals surface area (Å²) in [5.41, 5.74) is 2.20. The highest BCUT2D eigenvalue weighted by Gasteiger charge is 2.11. The van der Waals surface area contributed by atoms with Crippen molar-refractivity contribution in [3.05, 3.63) is 71.3 Å². The number of aliphatic hydroxyl groups is 2. The van der Waals surface area contributed by atoms with Crippen molar-refractivity contribution in [1.29, 1.82) is 0 Å². The van der Waals surface area contributed by atoms with Crippen molar-refractivity contribution >= 4 is 20.8 Å². The number of nitrogens with one attached hydrogen (secondary N) is 1. The molecule has 0 fully saturated rings. The van der Waals surface area contributed by atoms with E-state index in [0.717, 1.165) is 74.4 Å². The molecule has 9 heteroatoms. The molecule has 0 aliphatic heterocycles. The topological polar surface area (TPSA) is 142 Å². The number of aryl methyl sites for hydroxylation is 1. The van der Waals surface area contributed by atoms with Crippen LogP contribution in [0.1, 0.15) is 61.3 Å². The van der Waals surface area contributed by atoms with Crippen LogP contribution < -0.4 is 10.5 Å². The minimum Gasteiger partial charge on any atom is -0.508 e. The van der Waals surface area contributed by atoms with E-state index in [-0.39, 0.29) is 17.3 Å². The lowest BCUT2D eigenvalue weighted by molar-refractivity contribution is 0.126. The second-order valence-electron chi connectivity index (χ2n) is 9.59. The van der Waals surface area contributed by atoms with Gasteiger partial charge in [-0.05, 0) is 84.8 Å². The van der Waals surface area contributed by atoms with Crippen molar-refractivity contribution in [3.8, 4) is 5.75 Å². The first-order valence-electron chi connectivity index (χ1n) is 13.2. The van der Waals surface area contributed by atoms with E-state index in [4.69, 9.17) is 9.88 Å². The van der Waals surface area contributed by atoms with Crippen LogP contribution >= 0.6 is 0 Å². The third-order valence-corrected chi connectivity index (χ3v) is 7.56. The Labute approximate surface area is 225 Å². The summed E-state index contributed by atoms with van der Waals surface area (Å²) in [7, 11) is -3.72. The van der Waals surface area contributed by atoms with Gasteiger partial charge in [-0.1, -0.05) is 43.2 Å². The fraction of sp³-hybridized carbons (Fsp3) is 0.448. The minimum absolute atomic E-state index is 0.0317. The van der Waals surface area contributed by atoms with E-state index in [2.05, 4.69) is 5.32 Å². The zero-order valence-corrected chi connectivity index (χ0v) is 22.6. The largest absolute Gasteiger partial charge is 0.508 e. The van der Waals surface area contributed by atoms with Crippen LogP contribution in [0.2, 0.25) is 0 Å². The zero-order chi connectivity index (χ0) is 27.4. The summed E-state index contributed by atoms with van der Waals surface area (Å²) >= 11 is 0. The Balaban J connectivity index is 1.21. The van der Waals surface area contributed by atoms with Crippen LogP contribution in [0.3, 0.4) is 0 Å². The van der Waals surface area contributed by atoms with Gasteiger partial charge >= 0.3 is 0 Å². The molecule has 1 atom stereocenters. The summed E-state index contributed by atoms with van der Waals surface area (Å²) in [6, 6.07) is 15.8. The van der Waals surface area contributed by atoms with E-state index in [1.807, 2.05) is 18.2 Å². The molecule has 38 heavy (non-hydrogen) atoms. The standard InChI is InChI=1S/C29H40N2O6S/c30-38(35,36)26-13-11-23-10-7-9-22(27(23)19-26)8-3-6-17-37-16-5-2-1-4-15-31-20-29(34)24-12-14-28(33)25(18-24)21-32/h7,9-14,18-19,29,31-34H,1-6,8,15-17,20-21H2,(H2,30,35,36). The Morgan fingerprint density at radius 1 is 0.895 bits per heavy atom.